The third kappa shape index (κ3) is 2.58. The SMILES string of the molecule is Cc1ccc(C2NC(=O)N(CC(C)C#N)C2=O)cc1. The molecule has 0 aromatic heterocycles. The van der Waals surface area contributed by atoms with Gasteiger partial charge in [-0.05, 0) is 19.4 Å². The molecule has 3 amide bonds. The van der Waals surface area contributed by atoms with Crippen molar-refractivity contribution in [3.63, 3.8) is 0 Å². The summed E-state index contributed by atoms with van der Waals surface area (Å²) in [5.41, 5.74) is 1.85. The van der Waals surface area contributed by atoms with Crippen LogP contribution in [-0.2, 0) is 4.79 Å². The minimum absolute atomic E-state index is 0.129. The summed E-state index contributed by atoms with van der Waals surface area (Å²) in [5, 5.41) is 11.4. The predicted octanol–water partition coefficient (Wildman–Crippen LogP) is 1.75. The van der Waals surface area contributed by atoms with E-state index in [4.69, 9.17) is 5.26 Å². The highest BCUT2D eigenvalue weighted by molar-refractivity contribution is 6.04. The van der Waals surface area contributed by atoms with Gasteiger partial charge >= 0.3 is 6.03 Å². The van der Waals surface area contributed by atoms with Gasteiger partial charge in [0.05, 0.1) is 12.0 Å². The molecule has 19 heavy (non-hydrogen) atoms. The summed E-state index contributed by atoms with van der Waals surface area (Å²) in [6, 6.07) is 8.40. The number of rotatable bonds is 3. The monoisotopic (exact) mass is 257 g/mol. The van der Waals surface area contributed by atoms with Crippen LogP contribution in [0.4, 0.5) is 4.79 Å². The fraction of sp³-hybridized carbons (Fsp3) is 0.357. The number of urea groups is 1. The highest BCUT2D eigenvalue weighted by atomic mass is 16.2. The molecule has 0 aliphatic carbocycles. The van der Waals surface area contributed by atoms with Gasteiger partial charge in [-0.2, -0.15) is 5.26 Å². The lowest BCUT2D eigenvalue weighted by molar-refractivity contribution is -0.127. The Bertz CT molecular complexity index is 545. The van der Waals surface area contributed by atoms with Crippen LogP contribution in [0.5, 0.6) is 0 Å². The second-order valence-electron chi connectivity index (χ2n) is 4.77. The molecule has 1 heterocycles. The van der Waals surface area contributed by atoms with E-state index in [1.165, 1.54) is 0 Å². The molecule has 0 radical (unpaired) electrons. The predicted molar refractivity (Wildman–Crippen MR) is 68.9 cm³/mol. The maximum atomic E-state index is 12.2. The zero-order chi connectivity index (χ0) is 14.0. The maximum Gasteiger partial charge on any atom is 0.325 e. The lowest BCUT2D eigenvalue weighted by atomic mass is 10.1. The Morgan fingerprint density at radius 2 is 2.00 bits per heavy atom. The molecule has 1 aliphatic heterocycles. The van der Waals surface area contributed by atoms with E-state index in [1.54, 1.807) is 6.92 Å². The Kier molecular flexibility index (Phi) is 3.52. The normalized spacial score (nSPS) is 20.1. The first-order valence-electron chi connectivity index (χ1n) is 6.11. The van der Waals surface area contributed by atoms with Crippen LogP contribution in [0, 0.1) is 24.2 Å². The summed E-state index contributed by atoms with van der Waals surface area (Å²) < 4.78 is 0. The molecule has 98 valence electrons. The molecule has 1 aromatic carbocycles. The van der Waals surface area contributed by atoms with Crippen LogP contribution in [0.1, 0.15) is 24.1 Å². The third-order valence-corrected chi connectivity index (χ3v) is 3.11. The Labute approximate surface area is 111 Å². The average molecular weight is 257 g/mol. The zero-order valence-corrected chi connectivity index (χ0v) is 10.9. The molecular weight excluding hydrogens is 242 g/mol. The van der Waals surface area contributed by atoms with Gasteiger partial charge in [0.2, 0.25) is 0 Å². The molecule has 0 saturated carbocycles. The van der Waals surface area contributed by atoms with Crippen LogP contribution in [-0.4, -0.2) is 23.4 Å². The van der Waals surface area contributed by atoms with Crippen LogP contribution < -0.4 is 5.32 Å². The van der Waals surface area contributed by atoms with Gasteiger partial charge in [-0.15, -0.1) is 0 Å². The van der Waals surface area contributed by atoms with Gasteiger partial charge in [0.15, 0.2) is 0 Å². The lowest BCUT2D eigenvalue weighted by Gasteiger charge is -2.14. The molecule has 0 spiro atoms. The van der Waals surface area contributed by atoms with Crippen LogP contribution in [0.3, 0.4) is 0 Å². The molecule has 1 fully saturated rings. The molecule has 2 unspecified atom stereocenters. The maximum absolute atomic E-state index is 12.2. The van der Waals surface area contributed by atoms with Crippen LogP contribution in [0.15, 0.2) is 24.3 Å². The molecule has 1 saturated heterocycles. The van der Waals surface area contributed by atoms with Gasteiger partial charge in [-0.25, -0.2) is 4.79 Å². The fourth-order valence-electron chi connectivity index (χ4n) is 1.99. The van der Waals surface area contributed by atoms with Crippen molar-refractivity contribution in [1.82, 2.24) is 10.2 Å². The lowest BCUT2D eigenvalue weighted by Crippen LogP contribution is -2.34. The van der Waals surface area contributed by atoms with Gasteiger partial charge in [-0.3, -0.25) is 9.69 Å². The fourth-order valence-corrected chi connectivity index (χ4v) is 1.99. The van der Waals surface area contributed by atoms with E-state index in [0.29, 0.717) is 0 Å². The second-order valence-corrected chi connectivity index (χ2v) is 4.77. The van der Waals surface area contributed by atoms with Crippen LogP contribution in [0.25, 0.3) is 0 Å². The number of hydrogen-bond donors (Lipinski definition) is 1. The van der Waals surface area contributed by atoms with Gasteiger partial charge < -0.3 is 5.32 Å². The number of benzene rings is 1. The quantitative estimate of drug-likeness (QED) is 0.838. The van der Waals surface area contributed by atoms with Crippen molar-refractivity contribution in [3.8, 4) is 6.07 Å². The largest absolute Gasteiger partial charge is 0.325 e. The first kappa shape index (κ1) is 13.1. The first-order valence-corrected chi connectivity index (χ1v) is 6.11. The zero-order valence-electron chi connectivity index (χ0n) is 10.9. The minimum Gasteiger partial charge on any atom is -0.322 e. The third-order valence-electron chi connectivity index (χ3n) is 3.11. The highest BCUT2D eigenvalue weighted by Crippen LogP contribution is 2.22. The number of aryl methyl sites for hydroxylation is 1. The number of nitriles is 1. The number of nitrogens with zero attached hydrogens (tertiary/aromatic N) is 2. The molecule has 1 aliphatic rings. The van der Waals surface area contributed by atoms with Crippen molar-refractivity contribution in [3.05, 3.63) is 35.4 Å². The summed E-state index contributed by atoms with van der Waals surface area (Å²) >= 11 is 0. The number of hydrogen-bond acceptors (Lipinski definition) is 3. The Morgan fingerprint density at radius 3 is 2.58 bits per heavy atom. The van der Waals surface area contributed by atoms with E-state index in [2.05, 4.69) is 5.32 Å². The summed E-state index contributed by atoms with van der Waals surface area (Å²) in [5.74, 6) is -0.664. The topological polar surface area (TPSA) is 73.2 Å². The second kappa shape index (κ2) is 5.11. The van der Waals surface area contributed by atoms with Gasteiger partial charge in [-0.1, -0.05) is 29.8 Å². The minimum atomic E-state index is -0.640. The molecule has 2 rings (SSSR count). The van der Waals surface area contributed by atoms with Crippen molar-refractivity contribution >= 4 is 11.9 Å². The van der Waals surface area contributed by atoms with E-state index in [0.717, 1.165) is 16.0 Å². The van der Waals surface area contributed by atoms with Gasteiger partial charge in [0.1, 0.15) is 6.04 Å². The number of imide groups is 1. The Morgan fingerprint density at radius 1 is 1.37 bits per heavy atom. The van der Waals surface area contributed by atoms with Gasteiger partial charge in [0.25, 0.3) is 5.91 Å². The van der Waals surface area contributed by atoms with E-state index in [9.17, 15) is 9.59 Å². The first-order chi connectivity index (χ1) is 9.02. The number of nitrogens with one attached hydrogen (secondary N) is 1. The molecule has 1 aromatic rings. The highest BCUT2D eigenvalue weighted by Gasteiger charge is 2.39. The molecule has 2 atom stereocenters. The number of carbonyl (C=O) groups is 2. The van der Waals surface area contributed by atoms with Gasteiger partial charge in [0, 0.05) is 6.54 Å². The van der Waals surface area contributed by atoms with Crippen molar-refractivity contribution in [2.75, 3.05) is 6.54 Å². The molecule has 5 heteroatoms. The summed E-state index contributed by atoms with van der Waals surface area (Å²) in [6.07, 6.45) is 0. The summed E-state index contributed by atoms with van der Waals surface area (Å²) in [6.45, 7) is 3.77. The average Bonchev–Trinajstić information content (AvgIpc) is 2.67. The number of carbonyl (C=O) groups excluding carboxylic acids is 2. The van der Waals surface area contributed by atoms with Crippen molar-refractivity contribution < 1.29 is 9.59 Å². The van der Waals surface area contributed by atoms with Crippen molar-refractivity contribution in [1.29, 1.82) is 5.26 Å². The number of amides is 3. The Hall–Kier alpha value is -2.35. The standard InChI is InChI=1S/C14H15N3O2/c1-9-3-5-11(6-4-9)12-13(18)17(14(19)16-12)8-10(2)7-15/h3-6,10,12H,8H2,1-2H3,(H,16,19). The Balaban J connectivity index is 2.18. The van der Waals surface area contributed by atoms with E-state index in [1.807, 2.05) is 37.3 Å². The molecule has 0 bridgehead atoms. The van der Waals surface area contributed by atoms with E-state index < -0.39 is 12.1 Å². The molecular formula is C14H15N3O2. The summed E-state index contributed by atoms with van der Waals surface area (Å²) in [4.78, 5) is 25.1. The van der Waals surface area contributed by atoms with Crippen molar-refractivity contribution in [2.24, 2.45) is 5.92 Å². The van der Waals surface area contributed by atoms with Crippen LogP contribution >= 0.6 is 0 Å². The molecule has 5 nitrogen and oxygen atoms in total. The summed E-state index contributed by atoms with van der Waals surface area (Å²) in [7, 11) is 0. The molecule has 1 N–H and O–H groups in total. The van der Waals surface area contributed by atoms with Crippen LogP contribution in [0.2, 0.25) is 0 Å². The smallest absolute Gasteiger partial charge is 0.322 e. The van der Waals surface area contributed by atoms with E-state index >= 15 is 0 Å². The van der Waals surface area contributed by atoms with E-state index in [-0.39, 0.29) is 18.4 Å². The van der Waals surface area contributed by atoms with Crippen molar-refractivity contribution in [2.45, 2.75) is 19.9 Å².